The van der Waals surface area contributed by atoms with Crippen LogP contribution in [0.25, 0.3) is 11.0 Å². The minimum Gasteiger partial charge on any atom is -0.478 e. The Morgan fingerprint density at radius 2 is 2.05 bits per heavy atom. The maximum absolute atomic E-state index is 13.7. The summed E-state index contributed by atoms with van der Waals surface area (Å²) in [4.78, 5) is 15.4. The fourth-order valence-corrected chi connectivity index (χ4v) is 2.27. The molecule has 106 valence electrons. The summed E-state index contributed by atoms with van der Waals surface area (Å²) in [6.07, 6.45) is 1.42. The van der Waals surface area contributed by atoms with Crippen LogP contribution in [0.2, 0.25) is 0 Å². The Bertz CT molecular complexity index is 843. The van der Waals surface area contributed by atoms with Crippen LogP contribution < -0.4 is 0 Å². The van der Waals surface area contributed by atoms with Gasteiger partial charge in [-0.2, -0.15) is 0 Å². The van der Waals surface area contributed by atoms with E-state index in [1.165, 1.54) is 17.0 Å². The van der Waals surface area contributed by atoms with Crippen molar-refractivity contribution in [3.8, 4) is 0 Å². The number of halogens is 2. The van der Waals surface area contributed by atoms with Gasteiger partial charge in [-0.3, -0.25) is 0 Å². The number of imidazole rings is 1. The number of aromatic nitrogens is 2. The van der Waals surface area contributed by atoms with Gasteiger partial charge in [0, 0.05) is 5.56 Å². The van der Waals surface area contributed by atoms with E-state index in [0.29, 0.717) is 11.0 Å². The Morgan fingerprint density at radius 1 is 1.24 bits per heavy atom. The van der Waals surface area contributed by atoms with E-state index in [4.69, 9.17) is 0 Å². The quantitative estimate of drug-likeness (QED) is 0.806. The number of carboxylic acid groups (broad SMARTS) is 1. The number of rotatable bonds is 3. The molecule has 1 aromatic heterocycles. The maximum Gasteiger partial charge on any atom is 0.337 e. The molecule has 0 aliphatic carbocycles. The number of nitrogens with zero attached hydrogens (tertiary/aromatic N) is 2. The van der Waals surface area contributed by atoms with Crippen molar-refractivity contribution >= 4 is 17.0 Å². The molecule has 0 saturated heterocycles. The predicted molar refractivity (Wildman–Crippen MR) is 72.2 cm³/mol. The van der Waals surface area contributed by atoms with Gasteiger partial charge in [0.25, 0.3) is 0 Å². The summed E-state index contributed by atoms with van der Waals surface area (Å²) in [6, 6.07) is 7.87. The highest BCUT2D eigenvalue weighted by molar-refractivity contribution is 6.01. The van der Waals surface area contributed by atoms with E-state index >= 15 is 0 Å². The zero-order valence-corrected chi connectivity index (χ0v) is 10.8. The van der Waals surface area contributed by atoms with Crippen molar-refractivity contribution in [1.29, 1.82) is 0 Å². The van der Waals surface area contributed by atoms with E-state index in [2.05, 4.69) is 4.98 Å². The molecule has 1 N–H and O–H groups in total. The summed E-state index contributed by atoms with van der Waals surface area (Å²) >= 11 is 0. The molecule has 0 saturated carbocycles. The van der Waals surface area contributed by atoms with Gasteiger partial charge < -0.3 is 9.67 Å². The van der Waals surface area contributed by atoms with Gasteiger partial charge in [0.05, 0.1) is 29.5 Å². The summed E-state index contributed by atoms with van der Waals surface area (Å²) in [5, 5.41) is 9.22. The van der Waals surface area contributed by atoms with E-state index in [1.54, 1.807) is 12.1 Å². The van der Waals surface area contributed by atoms with Gasteiger partial charge in [-0.1, -0.05) is 6.07 Å². The molecule has 0 radical (unpaired) electrons. The predicted octanol–water partition coefficient (Wildman–Crippen LogP) is 3.06. The molecular weight excluding hydrogens is 278 g/mol. The summed E-state index contributed by atoms with van der Waals surface area (Å²) < 4.78 is 28.4. The molecular formula is C15H10F2N2O2. The zero-order valence-electron chi connectivity index (χ0n) is 10.8. The summed E-state index contributed by atoms with van der Waals surface area (Å²) in [5.74, 6) is -2.19. The molecule has 0 amide bonds. The van der Waals surface area contributed by atoms with Crippen LogP contribution >= 0.6 is 0 Å². The molecule has 0 aliphatic rings. The average molecular weight is 288 g/mol. The number of benzene rings is 2. The van der Waals surface area contributed by atoms with Crippen molar-refractivity contribution in [1.82, 2.24) is 9.55 Å². The standard InChI is InChI=1S/C15H10F2N2O2/c16-10-4-5-12(17)9(6-10)7-19-8-18-13-3-1-2-11(14(13)19)15(20)21/h1-6,8H,7H2,(H,20,21). The van der Waals surface area contributed by atoms with Crippen molar-refractivity contribution in [2.75, 3.05) is 0 Å². The van der Waals surface area contributed by atoms with Crippen molar-refractivity contribution in [3.05, 3.63) is 65.5 Å². The zero-order chi connectivity index (χ0) is 15.0. The van der Waals surface area contributed by atoms with Gasteiger partial charge in [0.15, 0.2) is 0 Å². The topological polar surface area (TPSA) is 55.1 Å². The van der Waals surface area contributed by atoms with Gasteiger partial charge in [0.2, 0.25) is 0 Å². The molecule has 4 nitrogen and oxygen atoms in total. The Hall–Kier alpha value is -2.76. The number of hydrogen-bond donors (Lipinski definition) is 1. The first-order valence-electron chi connectivity index (χ1n) is 6.17. The monoisotopic (exact) mass is 288 g/mol. The van der Waals surface area contributed by atoms with E-state index in [-0.39, 0.29) is 17.7 Å². The third kappa shape index (κ3) is 2.35. The Labute approximate surface area is 118 Å². The van der Waals surface area contributed by atoms with Crippen molar-refractivity contribution in [2.24, 2.45) is 0 Å². The van der Waals surface area contributed by atoms with Gasteiger partial charge in [-0.05, 0) is 30.3 Å². The summed E-state index contributed by atoms with van der Waals surface area (Å²) in [5.41, 5.74) is 1.08. The molecule has 21 heavy (non-hydrogen) atoms. The van der Waals surface area contributed by atoms with Crippen LogP contribution in [0.1, 0.15) is 15.9 Å². The molecule has 2 aromatic carbocycles. The second-order valence-corrected chi connectivity index (χ2v) is 4.59. The maximum atomic E-state index is 13.7. The number of fused-ring (bicyclic) bond motifs is 1. The molecule has 0 spiro atoms. The van der Waals surface area contributed by atoms with Gasteiger partial charge in [-0.25, -0.2) is 18.6 Å². The normalized spacial score (nSPS) is 11.0. The lowest BCUT2D eigenvalue weighted by atomic mass is 10.1. The summed E-state index contributed by atoms with van der Waals surface area (Å²) in [7, 11) is 0. The van der Waals surface area contributed by atoms with Crippen LogP contribution in [-0.2, 0) is 6.54 Å². The number of aromatic carboxylic acids is 1. The first-order chi connectivity index (χ1) is 10.1. The lowest BCUT2D eigenvalue weighted by molar-refractivity contribution is 0.0698. The Kier molecular flexibility index (Phi) is 3.13. The van der Waals surface area contributed by atoms with Crippen LogP contribution in [0.4, 0.5) is 8.78 Å². The van der Waals surface area contributed by atoms with Crippen LogP contribution in [-0.4, -0.2) is 20.6 Å². The fourth-order valence-electron chi connectivity index (χ4n) is 2.27. The van der Waals surface area contributed by atoms with E-state index in [0.717, 1.165) is 18.2 Å². The van der Waals surface area contributed by atoms with Crippen LogP contribution in [0, 0.1) is 11.6 Å². The Morgan fingerprint density at radius 3 is 2.81 bits per heavy atom. The van der Waals surface area contributed by atoms with Crippen LogP contribution in [0.15, 0.2) is 42.7 Å². The third-order valence-electron chi connectivity index (χ3n) is 3.22. The molecule has 6 heteroatoms. The van der Waals surface area contributed by atoms with Gasteiger partial charge in [-0.15, -0.1) is 0 Å². The first-order valence-corrected chi connectivity index (χ1v) is 6.17. The van der Waals surface area contributed by atoms with E-state index < -0.39 is 17.6 Å². The molecule has 3 rings (SSSR count). The molecule has 0 unspecified atom stereocenters. The smallest absolute Gasteiger partial charge is 0.337 e. The number of hydrogen-bond acceptors (Lipinski definition) is 2. The third-order valence-corrected chi connectivity index (χ3v) is 3.22. The SMILES string of the molecule is O=C(O)c1cccc2ncn(Cc3cc(F)ccc3F)c12. The van der Waals surface area contributed by atoms with Gasteiger partial charge in [0.1, 0.15) is 11.6 Å². The highest BCUT2D eigenvalue weighted by Gasteiger charge is 2.14. The minimum atomic E-state index is -1.10. The average Bonchev–Trinajstić information content (AvgIpc) is 2.86. The second kappa shape index (κ2) is 4.97. The van der Waals surface area contributed by atoms with E-state index in [1.807, 2.05) is 0 Å². The molecule has 1 heterocycles. The van der Waals surface area contributed by atoms with Crippen molar-refractivity contribution < 1.29 is 18.7 Å². The number of carboxylic acids is 1. The second-order valence-electron chi connectivity index (χ2n) is 4.59. The molecule has 0 atom stereocenters. The molecule has 0 bridgehead atoms. The van der Waals surface area contributed by atoms with Crippen molar-refractivity contribution in [3.63, 3.8) is 0 Å². The lowest BCUT2D eigenvalue weighted by Gasteiger charge is -2.08. The van der Waals surface area contributed by atoms with Crippen molar-refractivity contribution in [2.45, 2.75) is 6.54 Å². The molecule has 3 aromatic rings. The molecule has 0 aliphatic heterocycles. The number of carbonyl (C=O) groups is 1. The fraction of sp³-hybridized carbons (Fsp3) is 0.0667. The van der Waals surface area contributed by atoms with E-state index in [9.17, 15) is 18.7 Å². The Balaban J connectivity index is 2.13. The van der Waals surface area contributed by atoms with Gasteiger partial charge >= 0.3 is 5.97 Å². The highest BCUT2D eigenvalue weighted by atomic mass is 19.1. The molecule has 0 fully saturated rings. The minimum absolute atomic E-state index is 0.00435. The summed E-state index contributed by atoms with van der Waals surface area (Å²) in [6.45, 7) is 0.00435. The first kappa shape index (κ1) is 13.2. The van der Waals surface area contributed by atoms with Crippen LogP contribution in [0.5, 0.6) is 0 Å². The highest BCUT2D eigenvalue weighted by Crippen LogP contribution is 2.20. The van der Waals surface area contributed by atoms with Crippen LogP contribution in [0.3, 0.4) is 0 Å². The lowest BCUT2D eigenvalue weighted by Crippen LogP contribution is -2.05. The number of para-hydroxylation sites is 1. The largest absolute Gasteiger partial charge is 0.478 e.